The van der Waals surface area contributed by atoms with Gasteiger partial charge < -0.3 is 30.3 Å². The van der Waals surface area contributed by atoms with Gasteiger partial charge in [-0.05, 0) is 158 Å². The Morgan fingerprint density at radius 2 is 1.79 bits per heavy atom. The van der Waals surface area contributed by atoms with Crippen molar-refractivity contribution in [2.24, 2.45) is 46.3 Å². The molecule has 1 saturated heterocycles. The topological polar surface area (TPSA) is 114 Å². The molecule has 6 rings (SSSR count). The van der Waals surface area contributed by atoms with Crippen molar-refractivity contribution in [3.8, 4) is 0 Å². The van der Waals surface area contributed by atoms with E-state index >= 15 is 0 Å². The summed E-state index contributed by atoms with van der Waals surface area (Å²) in [4.78, 5) is 0. The maximum atomic E-state index is 11.2. The Morgan fingerprint density at radius 1 is 1.00 bits per heavy atom. The molecule has 0 amide bonds. The van der Waals surface area contributed by atoms with Crippen LogP contribution in [0.4, 0.5) is 0 Å². The Hall–Kier alpha value is -0.500. The molecule has 0 aromatic carbocycles. The molecule has 5 aliphatic carbocycles. The van der Waals surface area contributed by atoms with Crippen LogP contribution in [0.5, 0.6) is 0 Å². The first kappa shape index (κ1) is 32.4. The summed E-state index contributed by atoms with van der Waals surface area (Å²) in [5.74, 6) is 2.75. The van der Waals surface area contributed by atoms with Gasteiger partial charge in [-0.1, -0.05) is 19.1 Å². The molecule has 246 valence electrons. The number of epoxide rings is 1. The van der Waals surface area contributed by atoms with Crippen molar-refractivity contribution < 1.29 is 30.3 Å². The molecule has 5 N–H and O–H groups in total. The molecule has 6 heteroatoms. The molecule has 0 radical (unpaired) electrons. The Kier molecular flexibility index (Phi) is 9.01. The van der Waals surface area contributed by atoms with E-state index in [0.29, 0.717) is 42.1 Å². The highest BCUT2D eigenvalue weighted by Gasteiger charge is 2.67. The minimum absolute atomic E-state index is 0.0450. The van der Waals surface area contributed by atoms with Crippen LogP contribution in [-0.4, -0.2) is 67.8 Å². The van der Waals surface area contributed by atoms with E-state index < -0.39 is 17.8 Å². The molecule has 1 spiro atoms. The number of ether oxygens (including phenoxy) is 1. The van der Waals surface area contributed by atoms with Gasteiger partial charge in [-0.15, -0.1) is 0 Å². The number of hydrogen-bond acceptors (Lipinski definition) is 6. The highest BCUT2D eigenvalue weighted by atomic mass is 16.6. The molecule has 0 aromatic heterocycles. The molecule has 0 bridgehead atoms. The van der Waals surface area contributed by atoms with Crippen molar-refractivity contribution in [3.63, 3.8) is 0 Å². The van der Waals surface area contributed by atoms with Gasteiger partial charge >= 0.3 is 0 Å². The van der Waals surface area contributed by atoms with Crippen LogP contribution < -0.4 is 0 Å². The average molecular weight is 603 g/mol. The van der Waals surface area contributed by atoms with Crippen LogP contribution in [0.15, 0.2) is 12.2 Å². The zero-order valence-corrected chi connectivity index (χ0v) is 27.4. The average Bonchev–Trinajstić information content (AvgIpc) is 3.26. The van der Waals surface area contributed by atoms with Gasteiger partial charge in [-0.3, -0.25) is 0 Å². The summed E-state index contributed by atoms with van der Waals surface area (Å²) < 4.78 is 6.67. The highest BCUT2D eigenvalue weighted by molar-refractivity contribution is 5.24. The zero-order chi connectivity index (χ0) is 30.8. The number of fused-ring (bicyclic) bond motifs is 3. The third kappa shape index (κ3) is 6.04. The molecule has 1 aliphatic heterocycles. The van der Waals surface area contributed by atoms with Gasteiger partial charge in [0.25, 0.3) is 0 Å². The molecule has 5 saturated carbocycles. The van der Waals surface area contributed by atoms with Gasteiger partial charge in [0.05, 0.1) is 35.6 Å². The third-order valence-corrected chi connectivity index (χ3v) is 14.4. The molecule has 6 nitrogen and oxygen atoms in total. The summed E-state index contributed by atoms with van der Waals surface area (Å²) in [6.07, 6.45) is 15.4. The first-order chi connectivity index (χ1) is 20.3. The van der Waals surface area contributed by atoms with E-state index in [1.54, 1.807) is 6.92 Å². The standard InChI is InChI=1S/C37H62O6/c1-23-19-36(14-9-25(20-36)10-15-37(42)12-5-8-28(40)21-37)33-35(4,43-33)13-11-31-30(23)22-34(31,3)27-17-26(7-6-16-38)29(18-27)32(41)24(2)39/h24-33,38-42H,1,5-22H2,2-4H3. The number of allylic oxidation sites excluding steroid dienone is 1. The van der Waals surface area contributed by atoms with E-state index in [2.05, 4.69) is 13.8 Å². The van der Waals surface area contributed by atoms with Gasteiger partial charge in [0, 0.05) is 18.4 Å². The predicted molar refractivity (Wildman–Crippen MR) is 168 cm³/mol. The molecule has 0 aromatic rings. The first-order valence-electron chi connectivity index (χ1n) is 18.0. The van der Waals surface area contributed by atoms with E-state index in [1.165, 1.54) is 37.7 Å². The van der Waals surface area contributed by atoms with Crippen LogP contribution in [0.1, 0.15) is 130 Å². The fraction of sp³-hybridized carbons (Fsp3) is 0.946. The zero-order valence-electron chi connectivity index (χ0n) is 27.4. The maximum Gasteiger partial charge on any atom is 0.0930 e. The van der Waals surface area contributed by atoms with Gasteiger partial charge in [-0.25, -0.2) is 0 Å². The van der Waals surface area contributed by atoms with Gasteiger partial charge in [0.15, 0.2) is 0 Å². The lowest BCUT2D eigenvalue weighted by molar-refractivity contribution is -0.0736. The van der Waals surface area contributed by atoms with Crippen molar-refractivity contribution in [2.75, 3.05) is 6.61 Å². The lowest BCUT2D eigenvalue weighted by Gasteiger charge is -2.58. The van der Waals surface area contributed by atoms with Crippen molar-refractivity contribution in [1.29, 1.82) is 0 Å². The fourth-order valence-electron chi connectivity index (χ4n) is 11.9. The van der Waals surface area contributed by atoms with Crippen molar-refractivity contribution in [3.05, 3.63) is 12.2 Å². The molecule has 6 fully saturated rings. The van der Waals surface area contributed by atoms with E-state index in [0.717, 1.165) is 70.6 Å². The van der Waals surface area contributed by atoms with Gasteiger partial charge in [0.2, 0.25) is 0 Å². The van der Waals surface area contributed by atoms with E-state index in [-0.39, 0.29) is 35.1 Å². The lowest BCUT2D eigenvalue weighted by atomic mass is 9.46. The first-order valence-corrected chi connectivity index (χ1v) is 18.0. The molecular weight excluding hydrogens is 540 g/mol. The fourth-order valence-corrected chi connectivity index (χ4v) is 11.9. The summed E-state index contributed by atoms with van der Waals surface area (Å²) in [6, 6.07) is 0. The monoisotopic (exact) mass is 602 g/mol. The second-order valence-corrected chi connectivity index (χ2v) is 17.3. The third-order valence-electron chi connectivity index (χ3n) is 14.4. The Balaban J connectivity index is 1.13. The van der Waals surface area contributed by atoms with Crippen molar-refractivity contribution in [2.45, 2.75) is 166 Å². The number of aliphatic hydroxyl groups excluding tert-OH is 4. The second-order valence-electron chi connectivity index (χ2n) is 17.3. The minimum Gasteiger partial charge on any atom is -0.396 e. The van der Waals surface area contributed by atoms with E-state index in [1.807, 2.05) is 0 Å². The molecule has 14 unspecified atom stereocenters. The van der Waals surface area contributed by atoms with Gasteiger partial charge in [-0.2, -0.15) is 0 Å². The second kappa shape index (κ2) is 11.9. The van der Waals surface area contributed by atoms with Crippen LogP contribution in [0, 0.1) is 46.3 Å². The highest BCUT2D eigenvalue weighted by Crippen LogP contribution is 2.69. The SMILES string of the molecule is C=C1CC2(CCC(CCC3(O)CCCC(O)C3)C2)C2OC2(C)CCC2C1CC2(C)C1CC(CCCO)C(C(O)C(C)O)C1. The number of hydrogen-bond donors (Lipinski definition) is 5. The largest absolute Gasteiger partial charge is 0.396 e. The van der Waals surface area contributed by atoms with E-state index in [4.69, 9.17) is 11.3 Å². The molecule has 43 heavy (non-hydrogen) atoms. The van der Waals surface area contributed by atoms with Crippen LogP contribution in [0.25, 0.3) is 0 Å². The predicted octanol–water partition coefficient (Wildman–Crippen LogP) is 5.92. The summed E-state index contributed by atoms with van der Waals surface area (Å²) in [6.45, 7) is 11.5. The summed E-state index contributed by atoms with van der Waals surface area (Å²) in [5, 5.41) is 52.1. The maximum absolute atomic E-state index is 11.2. The molecule has 1 heterocycles. The Bertz CT molecular complexity index is 1020. The molecule has 14 atom stereocenters. The molecule has 6 aliphatic rings. The molecular formula is C37H62O6. The van der Waals surface area contributed by atoms with Gasteiger partial charge in [0.1, 0.15) is 0 Å². The lowest BCUT2D eigenvalue weighted by Crippen LogP contribution is -2.51. The quantitative estimate of drug-likeness (QED) is 0.166. The van der Waals surface area contributed by atoms with Crippen molar-refractivity contribution in [1.82, 2.24) is 0 Å². The smallest absolute Gasteiger partial charge is 0.0930 e. The number of aliphatic hydroxyl groups is 5. The van der Waals surface area contributed by atoms with Crippen LogP contribution in [0.3, 0.4) is 0 Å². The Labute approximate surface area is 260 Å². The summed E-state index contributed by atoms with van der Waals surface area (Å²) >= 11 is 0. The van der Waals surface area contributed by atoms with Crippen LogP contribution in [0.2, 0.25) is 0 Å². The van der Waals surface area contributed by atoms with E-state index in [9.17, 15) is 25.5 Å². The van der Waals surface area contributed by atoms with Crippen molar-refractivity contribution >= 4 is 0 Å². The van der Waals surface area contributed by atoms with Crippen LogP contribution >= 0.6 is 0 Å². The number of rotatable bonds is 9. The minimum atomic E-state index is -0.723. The summed E-state index contributed by atoms with van der Waals surface area (Å²) in [7, 11) is 0. The Morgan fingerprint density at radius 3 is 2.51 bits per heavy atom. The normalized spacial score (nSPS) is 51.1. The summed E-state index contributed by atoms with van der Waals surface area (Å²) in [5.41, 5.74) is 1.09. The van der Waals surface area contributed by atoms with Crippen LogP contribution in [-0.2, 0) is 4.74 Å².